The van der Waals surface area contributed by atoms with E-state index < -0.39 is 5.82 Å². The van der Waals surface area contributed by atoms with Crippen LogP contribution in [0.4, 0.5) is 32.8 Å². The smallest absolute Gasteiger partial charge is 0.147 e. The fraction of sp³-hybridized carbons (Fsp3) is 0. The van der Waals surface area contributed by atoms with E-state index in [0.29, 0.717) is 22.5 Å². The molecule has 9 aromatic carbocycles. The zero-order valence-electron chi connectivity index (χ0n) is 27.2. The van der Waals surface area contributed by atoms with Crippen molar-refractivity contribution in [3.05, 3.63) is 175 Å². The standard InChI is InChI=1S/C46H27FN4/c47-39-26-34(33-14-13-29-7-1-2-8-32(29)25-33)19-24-44(39)51(42-12-6-4-10-36(42)28-49)43-23-18-31-15-20-37-41(50-40-11-5-3-9-35(40)27-48)22-17-30-16-21-38(43)46(31)45(30)37/h1-26,50H. The highest BCUT2D eigenvalue weighted by atomic mass is 19.1. The first-order valence-electron chi connectivity index (χ1n) is 16.7. The molecule has 9 rings (SSSR count). The summed E-state index contributed by atoms with van der Waals surface area (Å²) in [6.45, 7) is 0. The van der Waals surface area contributed by atoms with Crippen molar-refractivity contribution in [3.8, 4) is 23.3 Å². The number of fused-ring (bicyclic) bond motifs is 1. The van der Waals surface area contributed by atoms with Gasteiger partial charge in [0, 0.05) is 16.5 Å². The summed E-state index contributed by atoms with van der Waals surface area (Å²) in [5, 5.41) is 31.8. The average Bonchev–Trinajstić information content (AvgIpc) is 3.18. The van der Waals surface area contributed by atoms with E-state index in [4.69, 9.17) is 0 Å². The second-order valence-electron chi connectivity index (χ2n) is 12.6. The molecule has 238 valence electrons. The molecule has 0 aromatic heterocycles. The summed E-state index contributed by atoms with van der Waals surface area (Å²) in [5.41, 5.74) is 5.98. The van der Waals surface area contributed by atoms with Gasteiger partial charge in [-0.3, -0.25) is 0 Å². The van der Waals surface area contributed by atoms with Crippen LogP contribution in [-0.2, 0) is 0 Å². The van der Waals surface area contributed by atoms with Gasteiger partial charge in [0.05, 0.1) is 33.9 Å². The van der Waals surface area contributed by atoms with Gasteiger partial charge in [0.25, 0.3) is 0 Å². The number of para-hydroxylation sites is 2. The van der Waals surface area contributed by atoms with Crippen LogP contribution in [0.2, 0.25) is 0 Å². The summed E-state index contributed by atoms with van der Waals surface area (Å²) in [6.07, 6.45) is 0. The van der Waals surface area contributed by atoms with Crippen molar-refractivity contribution in [2.24, 2.45) is 0 Å². The molecule has 9 aromatic rings. The minimum absolute atomic E-state index is 0.340. The molecule has 0 heterocycles. The predicted molar refractivity (Wildman–Crippen MR) is 207 cm³/mol. The zero-order valence-corrected chi connectivity index (χ0v) is 27.2. The summed E-state index contributed by atoms with van der Waals surface area (Å²) in [4.78, 5) is 1.87. The van der Waals surface area contributed by atoms with Gasteiger partial charge in [0.2, 0.25) is 0 Å². The van der Waals surface area contributed by atoms with Crippen LogP contribution in [0.5, 0.6) is 0 Å². The Labute approximate surface area is 293 Å². The van der Waals surface area contributed by atoms with Gasteiger partial charge < -0.3 is 10.2 Å². The molecule has 0 aliphatic rings. The zero-order chi connectivity index (χ0) is 34.5. The van der Waals surface area contributed by atoms with Crippen LogP contribution in [0, 0.1) is 28.5 Å². The summed E-state index contributed by atoms with van der Waals surface area (Å²) in [6, 6.07) is 55.6. The Bertz CT molecular complexity index is 2900. The molecule has 0 aliphatic heterocycles. The lowest BCUT2D eigenvalue weighted by molar-refractivity contribution is 0.629. The molecule has 0 bridgehead atoms. The minimum atomic E-state index is -0.401. The molecule has 0 atom stereocenters. The number of hydrogen-bond donors (Lipinski definition) is 1. The third-order valence-corrected chi connectivity index (χ3v) is 9.74. The fourth-order valence-corrected chi connectivity index (χ4v) is 7.31. The van der Waals surface area contributed by atoms with Gasteiger partial charge in [-0.15, -0.1) is 0 Å². The molecule has 0 aliphatic carbocycles. The van der Waals surface area contributed by atoms with E-state index in [2.05, 4.69) is 78.1 Å². The van der Waals surface area contributed by atoms with Crippen LogP contribution >= 0.6 is 0 Å². The molecule has 51 heavy (non-hydrogen) atoms. The number of halogens is 1. The Hall–Kier alpha value is -7.21. The van der Waals surface area contributed by atoms with E-state index in [0.717, 1.165) is 71.3 Å². The number of hydrogen-bond acceptors (Lipinski definition) is 4. The number of rotatable bonds is 6. The molecule has 0 radical (unpaired) electrons. The highest BCUT2D eigenvalue weighted by molar-refractivity contribution is 6.27. The fourth-order valence-electron chi connectivity index (χ4n) is 7.31. The summed E-state index contributed by atoms with van der Waals surface area (Å²) in [5.74, 6) is -0.401. The molecule has 0 saturated heterocycles. The monoisotopic (exact) mass is 654 g/mol. The van der Waals surface area contributed by atoms with Crippen molar-refractivity contribution in [1.82, 2.24) is 0 Å². The third-order valence-electron chi connectivity index (χ3n) is 9.74. The normalized spacial score (nSPS) is 11.2. The molecule has 0 amide bonds. The van der Waals surface area contributed by atoms with Crippen LogP contribution < -0.4 is 10.2 Å². The lowest BCUT2D eigenvalue weighted by atomic mass is 9.92. The maximum Gasteiger partial charge on any atom is 0.147 e. The molecule has 4 nitrogen and oxygen atoms in total. The van der Waals surface area contributed by atoms with Crippen molar-refractivity contribution >= 4 is 71.5 Å². The molecular formula is C46H27FN4. The van der Waals surface area contributed by atoms with Gasteiger partial charge in [-0.1, -0.05) is 103 Å². The first kappa shape index (κ1) is 29.9. The van der Waals surface area contributed by atoms with Crippen molar-refractivity contribution in [1.29, 1.82) is 10.5 Å². The van der Waals surface area contributed by atoms with Crippen LogP contribution in [0.15, 0.2) is 158 Å². The van der Waals surface area contributed by atoms with Gasteiger partial charge in [-0.05, 0) is 98.0 Å². The predicted octanol–water partition coefficient (Wildman–Crippen LogP) is 12.5. The highest BCUT2D eigenvalue weighted by Crippen LogP contribution is 2.46. The largest absolute Gasteiger partial charge is 0.354 e. The van der Waals surface area contributed by atoms with E-state index >= 15 is 4.39 Å². The second kappa shape index (κ2) is 12.0. The topological polar surface area (TPSA) is 62.9 Å². The number of nitriles is 2. The molecular weight excluding hydrogens is 628 g/mol. The van der Waals surface area contributed by atoms with Gasteiger partial charge in [-0.25, -0.2) is 4.39 Å². The summed E-state index contributed by atoms with van der Waals surface area (Å²) < 4.78 is 16.7. The van der Waals surface area contributed by atoms with Crippen molar-refractivity contribution < 1.29 is 4.39 Å². The second-order valence-corrected chi connectivity index (χ2v) is 12.6. The lowest BCUT2D eigenvalue weighted by Gasteiger charge is -2.29. The van der Waals surface area contributed by atoms with Gasteiger partial charge in [0.1, 0.15) is 18.0 Å². The summed E-state index contributed by atoms with van der Waals surface area (Å²) in [7, 11) is 0. The lowest BCUT2D eigenvalue weighted by Crippen LogP contribution is -2.14. The van der Waals surface area contributed by atoms with Crippen LogP contribution in [0.1, 0.15) is 11.1 Å². The Balaban J connectivity index is 1.25. The Kier molecular flexibility index (Phi) is 7.06. The van der Waals surface area contributed by atoms with Crippen LogP contribution in [0.3, 0.4) is 0 Å². The van der Waals surface area contributed by atoms with Crippen molar-refractivity contribution in [2.45, 2.75) is 0 Å². The van der Waals surface area contributed by atoms with Crippen LogP contribution in [0.25, 0.3) is 54.2 Å². The molecule has 0 unspecified atom stereocenters. The highest BCUT2D eigenvalue weighted by Gasteiger charge is 2.23. The molecule has 0 fully saturated rings. The number of benzene rings is 9. The number of nitrogens with one attached hydrogen (secondary N) is 1. The van der Waals surface area contributed by atoms with Crippen molar-refractivity contribution in [2.75, 3.05) is 10.2 Å². The molecule has 1 N–H and O–H groups in total. The maximum absolute atomic E-state index is 16.7. The van der Waals surface area contributed by atoms with E-state index in [1.54, 1.807) is 24.3 Å². The Morgan fingerprint density at radius 3 is 1.84 bits per heavy atom. The van der Waals surface area contributed by atoms with E-state index in [-0.39, 0.29) is 0 Å². The SMILES string of the molecule is N#Cc1ccccc1Nc1ccc2ccc3c(N(c4ccc(-c5ccc6ccccc6c5)cc4F)c4ccccc4C#N)ccc4ccc1c2c43. The van der Waals surface area contributed by atoms with Gasteiger partial charge >= 0.3 is 0 Å². The quantitative estimate of drug-likeness (QED) is 0.181. The molecule has 0 saturated carbocycles. The first-order valence-corrected chi connectivity index (χ1v) is 16.7. The summed E-state index contributed by atoms with van der Waals surface area (Å²) >= 11 is 0. The van der Waals surface area contributed by atoms with Gasteiger partial charge in [-0.2, -0.15) is 10.5 Å². The third kappa shape index (κ3) is 4.96. The Morgan fingerprint density at radius 1 is 0.451 bits per heavy atom. The first-order chi connectivity index (χ1) is 25.1. The van der Waals surface area contributed by atoms with E-state index in [1.165, 1.54) is 0 Å². The van der Waals surface area contributed by atoms with Gasteiger partial charge in [0.15, 0.2) is 0 Å². The van der Waals surface area contributed by atoms with Crippen LogP contribution in [-0.4, -0.2) is 0 Å². The maximum atomic E-state index is 16.7. The molecule has 5 heteroatoms. The average molecular weight is 655 g/mol. The Morgan fingerprint density at radius 2 is 1.04 bits per heavy atom. The number of anilines is 5. The van der Waals surface area contributed by atoms with E-state index in [1.807, 2.05) is 77.7 Å². The van der Waals surface area contributed by atoms with E-state index in [9.17, 15) is 10.5 Å². The van der Waals surface area contributed by atoms with Crippen molar-refractivity contribution in [3.63, 3.8) is 0 Å². The minimum Gasteiger partial charge on any atom is -0.354 e. The molecule has 0 spiro atoms. The number of nitrogens with zero attached hydrogens (tertiary/aromatic N) is 3.